The molecule has 0 aliphatic carbocycles. The molecule has 2 aliphatic rings. The molecule has 3 heterocycles. The van der Waals surface area contributed by atoms with E-state index in [2.05, 4.69) is 15.6 Å². The van der Waals surface area contributed by atoms with E-state index in [1.807, 2.05) is 0 Å². The number of benzene rings is 3. The first kappa shape index (κ1) is 57.9. The fraction of sp³-hybridized carbons (Fsp3) is 0.400. The monoisotopic (exact) mass is 1090 g/mol. The van der Waals surface area contributed by atoms with Crippen LogP contribution in [-0.4, -0.2) is 99.7 Å². The van der Waals surface area contributed by atoms with Crippen LogP contribution in [0.4, 0.5) is 50.9 Å². The summed E-state index contributed by atoms with van der Waals surface area (Å²) in [6, 6.07) is 7.98. The van der Waals surface area contributed by atoms with Crippen LogP contribution in [0.2, 0.25) is 0 Å². The lowest BCUT2D eigenvalue weighted by Gasteiger charge is -2.35. The Bertz CT molecular complexity index is 2960. The fourth-order valence-corrected chi connectivity index (χ4v) is 8.98. The van der Waals surface area contributed by atoms with Gasteiger partial charge in [-0.15, -0.1) is 0 Å². The molecule has 5 N–H and O–H groups in total. The van der Waals surface area contributed by atoms with Crippen LogP contribution >= 0.6 is 12.2 Å². The Kier molecular flexibility index (Phi) is 17.1. The maximum absolute atomic E-state index is 15.5. The Balaban J connectivity index is 1.04. The Morgan fingerprint density at radius 3 is 2.17 bits per heavy atom. The number of nitrogens with two attached hydrogens (primary N) is 1. The number of nitriles is 1. The summed E-state index contributed by atoms with van der Waals surface area (Å²) in [5.74, 6) is -9.47. The Morgan fingerprint density at radius 2 is 1.59 bits per heavy atom. The highest BCUT2D eigenvalue weighted by Crippen LogP contribution is 2.45. The molecule has 0 radical (unpaired) electrons. The highest BCUT2D eigenvalue weighted by molar-refractivity contribution is 7.81. The number of aliphatic hydroxyl groups excluding tert-OH is 1. The van der Waals surface area contributed by atoms with Crippen molar-refractivity contribution in [3.05, 3.63) is 106 Å². The van der Waals surface area contributed by atoms with Crippen LogP contribution in [0.5, 0.6) is 5.75 Å². The number of amides is 5. The molecule has 1 aromatic heterocycles. The van der Waals surface area contributed by atoms with E-state index in [0.717, 1.165) is 24.9 Å². The van der Waals surface area contributed by atoms with Crippen LogP contribution < -0.4 is 30.9 Å². The SMILES string of the molecule is CC(C)(C)[C@H](NC(=O)COCCCCOc1c(F)cc(-c2ncc(N3C(=S)N(c4ccc(C#N)c(C(F)(F)F)c4F)C(=O)C3(C)C)cc2C(F)(F)F)cc1F)C(=O)N1C[C@H](O)C[C@H]1C(=O)NCc1ccc(C(N)=O)cc1. The Hall–Kier alpha value is -7.37. The van der Waals surface area contributed by atoms with Crippen molar-refractivity contribution in [3.8, 4) is 23.1 Å². The minimum Gasteiger partial charge on any atom is -0.488 e. The number of pyridine rings is 1. The molecule has 0 saturated carbocycles. The van der Waals surface area contributed by atoms with Gasteiger partial charge in [-0.3, -0.25) is 33.9 Å². The number of carbonyl (C=O) groups is 5. The van der Waals surface area contributed by atoms with Gasteiger partial charge in [0.1, 0.15) is 29.8 Å². The van der Waals surface area contributed by atoms with E-state index in [-0.39, 0.29) is 51.1 Å². The van der Waals surface area contributed by atoms with E-state index in [9.17, 15) is 55.4 Å². The van der Waals surface area contributed by atoms with Crippen molar-refractivity contribution in [2.75, 3.05) is 36.2 Å². The lowest BCUT2D eigenvalue weighted by atomic mass is 9.85. The largest absolute Gasteiger partial charge is 0.488 e. The van der Waals surface area contributed by atoms with E-state index in [1.165, 1.54) is 23.1 Å². The number of nitrogens with one attached hydrogen (secondary N) is 2. The number of halogens is 9. The summed E-state index contributed by atoms with van der Waals surface area (Å²) in [6.45, 7) is 6.30. The topological polar surface area (TPSA) is 221 Å². The zero-order chi connectivity index (χ0) is 56.4. The van der Waals surface area contributed by atoms with E-state index >= 15 is 13.2 Å². The lowest BCUT2D eigenvalue weighted by molar-refractivity contribution is -0.144. The maximum Gasteiger partial charge on any atom is 0.420 e. The van der Waals surface area contributed by atoms with Crippen molar-refractivity contribution in [1.82, 2.24) is 20.5 Å². The Morgan fingerprint density at radius 1 is 0.961 bits per heavy atom. The van der Waals surface area contributed by atoms with Crippen LogP contribution in [0, 0.1) is 34.2 Å². The number of unbranched alkanes of at least 4 members (excludes halogenated alkanes) is 1. The van der Waals surface area contributed by atoms with Gasteiger partial charge in [0, 0.05) is 37.2 Å². The van der Waals surface area contributed by atoms with Crippen LogP contribution in [0.3, 0.4) is 0 Å². The number of aliphatic hydroxyl groups is 1. The van der Waals surface area contributed by atoms with Crippen LogP contribution in [0.15, 0.2) is 60.8 Å². The number of hydrogen-bond donors (Lipinski definition) is 4. The number of alkyl halides is 6. The van der Waals surface area contributed by atoms with Crippen molar-refractivity contribution in [3.63, 3.8) is 0 Å². The van der Waals surface area contributed by atoms with E-state index in [0.29, 0.717) is 40.8 Å². The maximum atomic E-state index is 15.5. The van der Waals surface area contributed by atoms with Gasteiger partial charge in [0.05, 0.1) is 53.2 Å². The molecule has 2 saturated heterocycles. The summed E-state index contributed by atoms with van der Waals surface area (Å²) in [6.07, 6.45) is -10.7. The second-order valence-electron chi connectivity index (χ2n) is 19.3. The smallest absolute Gasteiger partial charge is 0.420 e. The minimum atomic E-state index is -5.40. The third-order valence-electron chi connectivity index (χ3n) is 12.3. The van der Waals surface area contributed by atoms with Crippen LogP contribution in [0.25, 0.3) is 11.3 Å². The average molecular weight is 1090 g/mol. The number of aromatic nitrogens is 1. The van der Waals surface area contributed by atoms with Gasteiger partial charge in [-0.05, 0) is 92.4 Å². The minimum absolute atomic E-state index is 0.0498. The average Bonchev–Trinajstić information content (AvgIpc) is 3.81. The standard InChI is InChI=1S/C50H49F9N8O8S/c1-47(2,3)41(44(72)65-23-30(68)19-35(65)43(71)63-21-25-8-10-26(11-9-25)42(61)70)64-36(69)24-74-14-6-7-15-75-40-32(51)16-28(17-33(40)52)39-31(49(54,55)56)18-29(22-62-39)67-46(76)66(45(73)48(67,4)5)34-13-12-27(20-60)37(38(34)53)50(57,58)59/h8-13,16-18,22,30,35,41,68H,6-7,14-15,19,21,23-24H2,1-5H3,(H2,61,70)(H,63,71)(H,64,69)/t30-,35+,41-/m1/s1. The number of carbonyl (C=O) groups excluding carboxylic acids is 5. The molecule has 2 aliphatic heterocycles. The van der Waals surface area contributed by atoms with Crippen molar-refractivity contribution in [1.29, 1.82) is 5.26 Å². The molecule has 76 heavy (non-hydrogen) atoms. The van der Waals surface area contributed by atoms with Crippen molar-refractivity contribution >= 4 is 58.2 Å². The van der Waals surface area contributed by atoms with E-state index in [4.69, 9.17) is 32.7 Å². The van der Waals surface area contributed by atoms with Crippen molar-refractivity contribution < 1.29 is 78.1 Å². The number of anilines is 2. The van der Waals surface area contributed by atoms with E-state index in [1.54, 1.807) is 32.9 Å². The molecule has 3 aromatic carbocycles. The molecule has 26 heteroatoms. The van der Waals surface area contributed by atoms with Gasteiger partial charge in [0.2, 0.25) is 23.6 Å². The second kappa shape index (κ2) is 22.5. The van der Waals surface area contributed by atoms with Crippen molar-refractivity contribution in [2.45, 2.75) is 96.5 Å². The predicted molar refractivity (Wildman–Crippen MR) is 257 cm³/mol. The predicted octanol–water partition coefficient (Wildman–Crippen LogP) is 7.08. The lowest BCUT2D eigenvalue weighted by Crippen LogP contribution is -2.58. The third-order valence-corrected chi connectivity index (χ3v) is 12.7. The third kappa shape index (κ3) is 12.5. The van der Waals surface area contributed by atoms with Gasteiger partial charge in [-0.2, -0.15) is 31.6 Å². The van der Waals surface area contributed by atoms with Gasteiger partial charge in [0.15, 0.2) is 28.3 Å². The molecular formula is C50H49F9N8O8S. The van der Waals surface area contributed by atoms with Gasteiger partial charge < -0.3 is 40.7 Å². The molecule has 406 valence electrons. The second-order valence-corrected chi connectivity index (χ2v) is 19.6. The van der Waals surface area contributed by atoms with Gasteiger partial charge in [0.25, 0.3) is 5.91 Å². The quantitative estimate of drug-likeness (QED) is 0.0474. The van der Waals surface area contributed by atoms with Gasteiger partial charge in [-0.1, -0.05) is 32.9 Å². The van der Waals surface area contributed by atoms with Gasteiger partial charge >= 0.3 is 12.4 Å². The van der Waals surface area contributed by atoms with E-state index < -0.39 is 145 Å². The van der Waals surface area contributed by atoms with Crippen molar-refractivity contribution in [2.24, 2.45) is 11.1 Å². The number of ether oxygens (including phenoxy) is 2. The summed E-state index contributed by atoms with van der Waals surface area (Å²) >= 11 is 5.32. The zero-order valence-electron chi connectivity index (χ0n) is 41.1. The number of hydrogen-bond acceptors (Lipinski definition) is 11. The molecule has 3 atom stereocenters. The summed E-state index contributed by atoms with van der Waals surface area (Å²) < 4.78 is 143. The van der Waals surface area contributed by atoms with Crippen LogP contribution in [0.1, 0.15) is 86.5 Å². The molecule has 6 rings (SSSR count). The number of nitrogens with zero attached hydrogens (tertiary/aromatic N) is 5. The molecule has 5 amide bonds. The molecule has 0 bridgehead atoms. The number of rotatable bonds is 17. The molecule has 4 aromatic rings. The zero-order valence-corrected chi connectivity index (χ0v) is 41.9. The summed E-state index contributed by atoms with van der Waals surface area (Å²) in [5, 5.41) is 24.2. The molecule has 0 unspecified atom stereocenters. The molecule has 0 spiro atoms. The molecular weight excluding hydrogens is 1040 g/mol. The number of likely N-dealkylation sites (tertiary alicyclic amines) is 1. The molecule has 16 nitrogen and oxygen atoms in total. The number of β-amino-alcohol motifs (C(OH)–C–C–N with tert-alkyl or cyclic N) is 1. The first-order valence-electron chi connectivity index (χ1n) is 23.1. The molecule has 2 fully saturated rings. The van der Waals surface area contributed by atoms with Crippen LogP contribution in [-0.2, 0) is 42.8 Å². The Labute approximate surface area is 433 Å². The number of thiocarbonyl (C=S) groups is 1. The summed E-state index contributed by atoms with van der Waals surface area (Å²) in [5.41, 5.74) is -4.62. The fourth-order valence-electron chi connectivity index (χ4n) is 8.47. The highest BCUT2D eigenvalue weighted by Gasteiger charge is 2.53. The first-order chi connectivity index (χ1) is 35.4. The first-order valence-corrected chi connectivity index (χ1v) is 23.5. The summed E-state index contributed by atoms with van der Waals surface area (Å²) in [4.78, 5) is 71.3. The normalized spacial score (nSPS) is 17.2. The number of primary amides is 1. The highest BCUT2D eigenvalue weighted by atomic mass is 32.1. The van der Waals surface area contributed by atoms with Gasteiger partial charge in [-0.25, -0.2) is 13.2 Å². The summed E-state index contributed by atoms with van der Waals surface area (Å²) in [7, 11) is 0.